The number of nitrogens with one attached hydrogen (secondary N) is 2. The van der Waals surface area contributed by atoms with Crippen molar-refractivity contribution >= 4 is 17.5 Å². The van der Waals surface area contributed by atoms with Crippen LogP contribution in [-0.2, 0) is 0 Å². The van der Waals surface area contributed by atoms with Gasteiger partial charge in [0.1, 0.15) is 35.3 Å². The van der Waals surface area contributed by atoms with Crippen molar-refractivity contribution in [3.63, 3.8) is 0 Å². The largest absolute Gasteiger partial charge is 0.354 e. The van der Waals surface area contributed by atoms with E-state index in [9.17, 15) is 13.6 Å². The molecule has 1 aliphatic heterocycles. The number of aromatic amines is 1. The molecule has 0 saturated carbocycles. The third-order valence-electron chi connectivity index (χ3n) is 4.75. The number of halogens is 2. The lowest BCUT2D eigenvalue weighted by molar-refractivity contribution is 0.102. The minimum atomic E-state index is -0.754. The van der Waals surface area contributed by atoms with E-state index in [0.29, 0.717) is 5.82 Å². The molecule has 0 radical (unpaired) electrons. The zero-order valence-corrected chi connectivity index (χ0v) is 15.7. The van der Waals surface area contributed by atoms with Gasteiger partial charge in [-0.15, -0.1) is 0 Å². The lowest BCUT2D eigenvalue weighted by Crippen LogP contribution is -2.44. The summed E-state index contributed by atoms with van der Waals surface area (Å²) in [6, 6.07) is 6.28. The van der Waals surface area contributed by atoms with Crippen LogP contribution in [0.15, 0.2) is 36.7 Å². The van der Waals surface area contributed by atoms with Crippen molar-refractivity contribution in [2.45, 2.75) is 0 Å². The number of piperazine rings is 1. The number of benzene rings is 1. The summed E-state index contributed by atoms with van der Waals surface area (Å²) in [5, 5.41) is 9.19. The molecule has 0 atom stereocenters. The maximum Gasteiger partial charge on any atom is 0.274 e. The van der Waals surface area contributed by atoms with Crippen LogP contribution in [-0.4, -0.2) is 64.2 Å². The van der Waals surface area contributed by atoms with Crippen molar-refractivity contribution < 1.29 is 13.6 Å². The molecule has 1 amide bonds. The van der Waals surface area contributed by atoms with E-state index in [-0.39, 0.29) is 17.0 Å². The molecule has 29 heavy (non-hydrogen) atoms. The van der Waals surface area contributed by atoms with Crippen LogP contribution < -0.4 is 10.2 Å². The number of anilines is 2. The molecule has 1 saturated heterocycles. The van der Waals surface area contributed by atoms with Crippen molar-refractivity contribution in [3.05, 3.63) is 54.0 Å². The number of carbonyl (C=O) groups is 1. The molecular formula is C19H19F2N7O. The number of hydrogen-bond acceptors (Lipinski definition) is 6. The molecule has 1 aliphatic rings. The summed E-state index contributed by atoms with van der Waals surface area (Å²) >= 11 is 0. The minimum absolute atomic E-state index is 0.0982. The number of likely N-dealkylation sites (N-methyl/N-ethyl adjacent to an activating group) is 1. The molecule has 2 N–H and O–H groups in total. The van der Waals surface area contributed by atoms with Gasteiger partial charge < -0.3 is 15.1 Å². The molecule has 0 unspecified atom stereocenters. The Morgan fingerprint density at radius 3 is 2.66 bits per heavy atom. The quantitative estimate of drug-likeness (QED) is 0.699. The highest BCUT2D eigenvalue weighted by molar-refractivity contribution is 6.03. The van der Waals surface area contributed by atoms with Gasteiger partial charge in [0, 0.05) is 43.9 Å². The van der Waals surface area contributed by atoms with Gasteiger partial charge >= 0.3 is 0 Å². The van der Waals surface area contributed by atoms with Gasteiger partial charge in [-0.1, -0.05) is 0 Å². The Bertz CT molecular complexity index is 1030. The van der Waals surface area contributed by atoms with Gasteiger partial charge in [-0.05, 0) is 25.2 Å². The number of H-pyrrole nitrogens is 1. The third kappa shape index (κ3) is 4.21. The van der Waals surface area contributed by atoms with Gasteiger partial charge in [-0.25, -0.2) is 18.7 Å². The van der Waals surface area contributed by atoms with E-state index in [4.69, 9.17) is 0 Å². The Balaban J connectivity index is 1.47. The Kier molecular flexibility index (Phi) is 5.17. The molecule has 150 valence electrons. The fourth-order valence-electron chi connectivity index (χ4n) is 3.08. The lowest BCUT2D eigenvalue weighted by Gasteiger charge is -2.33. The first-order chi connectivity index (χ1) is 14.0. The summed E-state index contributed by atoms with van der Waals surface area (Å²) in [6.07, 6.45) is 1.40. The minimum Gasteiger partial charge on any atom is -0.354 e. The van der Waals surface area contributed by atoms with Gasteiger partial charge in [0.2, 0.25) is 0 Å². The van der Waals surface area contributed by atoms with E-state index >= 15 is 0 Å². The summed E-state index contributed by atoms with van der Waals surface area (Å²) in [4.78, 5) is 25.2. The average Bonchev–Trinajstić information content (AvgIpc) is 3.19. The molecule has 2 aromatic heterocycles. The van der Waals surface area contributed by atoms with Crippen LogP contribution in [0.1, 0.15) is 10.5 Å². The highest BCUT2D eigenvalue weighted by Crippen LogP contribution is 2.22. The van der Waals surface area contributed by atoms with Crippen molar-refractivity contribution in [2.24, 2.45) is 0 Å². The Morgan fingerprint density at radius 1 is 1.10 bits per heavy atom. The third-order valence-corrected chi connectivity index (χ3v) is 4.75. The molecule has 0 aliphatic carbocycles. The molecular weight excluding hydrogens is 380 g/mol. The van der Waals surface area contributed by atoms with Gasteiger partial charge in [0.15, 0.2) is 0 Å². The summed E-state index contributed by atoms with van der Waals surface area (Å²) in [7, 11) is 2.07. The van der Waals surface area contributed by atoms with E-state index in [1.807, 2.05) is 0 Å². The molecule has 3 aromatic rings. The van der Waals surface area contributed by atoms with Crippen LogP contribution in [0.2, 0.25) is 0 Å². The number of amides is 1. The molecule has 10 heteroatoms. The number of aromatic nitrogens is 4. The standard InChI is InChI=1S/C19H19F2N7O/c1-27-4-6-28(7-5-27)18-10-17(22-11-23-18)24-19(29)16-9-15(25-26-16)13-3-2-12(20)8-14(13)21/h2-3,8-11H,4-7H2,1H3,(H,25,26)(H,22,23,24,29). The van der Waals surface area contributed by atoms with E-state index in [2.05, 4.69) is 42.3 Å². The number of rotatable bonds is 4. The molecule has 3 heterocycles. The second kappa shape index (κ2) is 7.92. The summed E-state index contributed by atoms with van der Waals surface area (Å²) in [6.45, 7) is 3.55. The van der Waals surface area contributed by atoms with Crippen LogP contribution in [0.25, 0.3) is 11.3 Å². The maximum atomic E-state index is 13.9. The molecule has 0 bridgehead atoms. The second-order valence-electron chi connectivity index (χ2n) is 6.80. The molecule has 0 spiro atoms. The van der Waals surface area contributed by atoms with Gasteiger partial charge in [0.25, 0.3) is 5.91 Å². The monoisotopic (exact) mass is 399 g/mol. The Hall–Kier alpha value is -3.40. The van der Waals surface area contributed by atoms with Crippen LogP contribution in [0.3, 0.4) is 0 Å². The Labute approximate surface area is 165 Å². The SMILES string of the molecule is CN1CCN(c2cc(NC(=O)c3cc(-c4ccc(F)cc4F)n[nH]3)ncn2)CC1. The fraction of sp³-hybridized carbons (Fsp3) is 0.263. The van der Waals surface area contributed by atoms with Crippen LogP contribution in [0.4, 0.5) is 20.4 Å². The predicted molar refractivity (Wildman–Crippen MR) is 104 cm³/mol. The van der Waals surface area contributed by atoms with Gasteiger partial charge in [-0.3, -0.25) is 9.89 Å². The number of carbonyl (C=O) groups excluding carboxylic acids is 1. The smallest absolute Gasteiger partial charge is 0.274 e. The van der Waals surface area contributed by atoms with Crippen LogP contribution in [0, 0.1) is 11.6 Å². The fourth-order valence-corrected chi connectivity index (χ4v) is 3.08. The first-order valence-corrected chi connectivity index (χ1v) is 9.07. The van der Waals surface area contributed by atoms with E-state index in [1.165, 1.54) is 18.5 Å². The highest BCUT2D eigenvalue weighted by Gasteiger charge is 2.18. The molecule has 4 rings (SSSR count). The highest BCUT2D eigenvalue weighted by atomic mass is 19.1. The Morgan fingerprint density at radius 2 is 1.90 bits per heavy atom. The van der Waals surface area contributed by atoms with Crippen molar-refractivity contribution in [1.29, 1.82) is 0 Å². The predicted octanol–water partition coefficient (Wildman–Crippen LogP) is 2.15. The molecule has 8 nitrogen and oxygen atoms in total. The zero-order valence-electron chi connectivity index (χ0n) is 15.7. The van der Waals surface area contributed by atoms with E-state index in [1.54, 1.807) is 6.07 Å². The van der Waals surface area contributed by atoms with E-state index < -0.39 is 17.5 Å². The van der Waals surface area contributed by atoms with Crippen LogP contribution >= 0.6 is 0 Å². The maximum absolute atomic E-state index is 13.9. The first-order valence-electron chi connectivity index (χ1n) is 9.07. The van der Waals surface area contributed by atoms with Crippen molar-refractivity contribution in [2.75, 3.05) is 43.4 Å². The summed E-state index contributed by atoms with van der Waals surface area (Å²) in [5.41, 5.74) is 0.429. The topological polar surface area (TPSA) is 90.0 Å². The van der Waals surface area contributed by atoms with Crippen molar-refractivity contribution in [1.82, 2.24) is 25.1 Å². The molecule has 1 aromatic carbocycles. The van der Waals surface area contributed by atoms with E-state index in [0.717, 1.165) is 44.1 Å². The van der Waals surface area contributed by atoms with Gasteiger partial charge in [-0.2, -0.15) is 5.10 Å². The lowest BCUT2D eigenvalue weighted by atomic mass is 10.1. The average molecular weight is 399 g/mol. The molecule has 1 fully saturated rings. The number of nitrogens with zero attached hydrogens (tertiary/aromatic N) is 5. The van der Waals surface area contributed by atoms with Crippen molar-refractivity contribution in [3.8, 4) is 11.3 Å². The first kappa shape index (κ1) is 18.9. The summed E-state index contributed by atoms with van der Waals surface area (Å²) < 4.78 is 27.0. The van der Waals surface area contributed by atoms with Crippen LogP contribution in [0.5, 0.6) is 0 Å². The zero-order chi connectivity index (χ0) is 20.4. The normalized spacial score (nSPS) is 14.8. The van der Waals surface area contributed by atoms with Gasteiger partial charge in [0.05, 0.1) is 5.69 Å². The number of hydrogen-bond donors (Lipinski definition) is 2. The second-order valence-corrected chi connectivity index (χ2v) is 6.80. The summed E-state index contributed by atoms with van der Waals surface area (Å²) in [5.74, 6) is -0.824.